The van der Waals surface area contributed by atoms with E-state index in [1.54, 1.807) is 23.1 Å². The molecule has 0 saturated heterocycles. The molecule has 1 N–H and O–H groups in total. The number of amides is 1. The molecular weight excluding hydrogens is 359 g/mol. The Hall–Kier alpha value is -2.61. The minimum absolute atomic E-state index is 0.0437. The van der Waals surface area contributed by atoms with Crippen LogP contribution in [0.2, 0.25) is 0 Å². The molecule has 0 aliphatic carbocycles. The number of fused-ring (bicyclic) bond motifs is 1. The lowest BCUT2D eigenvalue weighted by molar-refractivity contribution is -0.116. The summed E-state index contributed by atoms with van der Waals surface area (Å²) in [6, 6.07) is 8.34. The maximum absolute atomic E-state index is 13.5. The first-order valence-electron chi connectivity index (χ1n) is 8.09. The number of benzene rings is 2. The number of sulfonamides is 1. The Balaban J connectivity index is 1.98. The number of anilines is 2. The lowest BCUT2D eigenvalue weighted by atomic mass is 10.0. The van der Waals surface area contributed by atoms with E-state index < -0.39 is 15.8 Å². The summed E-state index contributed by atoms with van der Waals surface area (Å²) in [6.45, 7) is 2.07. The minimum atomic E-state index is -4.06. The molecule has 0 saturated carbocycles. The van der Waals surface area contributed by atoms with Gasteiger partial charge in [0.05, 0.1) is 12.8 Å². The number of nitrogens with one attached hydrogen (secondary N) is 1. The van der Waals surface area contributed by atoms with E-state index in [2.05, 4.69) is 4.72 Å². The first-order chi connectivity index (χ1) is 12.3. The second kappa shape index (κ2) is 6.95. The summed E-state index contributed by atoms with van der Waals surface area (Å²) in [5.74, 6) is -0.737. The van der Waals surface area contributed by atoms with Crippen LogP contribution in [0.5, 0.6) is 5.75 Å². The largest absolute Gasteiger partial charge is 0.495 e. The Bertz CT molecular complexity index is 960. The Morgan fingerprint density at radius 2 is 2.00 bits per heavy atom. The number of hydrogen-bond acceptors (Lipinski definition) is 4. The number of ether oxygens (including phenoxy) is 1. The summed E-state index contributed by atoms with van der Waals surface area (Å²) in [7, 11) is -2.75. The molecule has 6 nitrogen and oxygen atoms in total. The van der Waals surface area contributed by atoms with Gasteiger partial charge in [0.1, 0.15) is 16.5 Å². The first-order valence-corrected chi connectivity index (χ1v) is 9.57. The third-order valence-corrected chi connectivity index (χ3v) is 5.65. The van der Waals surface area contributed by atoms with E-state index in [4.69, 9.17) is 4.74 Å². The van der Waals surface area contributed by atoms with Crippen molar-refractivity contribution in [3.05, 3.63) is 47.8 Å². The predicted octanol–water partition coefficient (Wildman–Crippen LogP) is 2.93. The molecule has 1 amide bonds. The second-order valence-corrected chi connectivity index (χ2v) is 7.67. The van der Waals surface area contributed by atoms with Gasteiger partial charge in [0.15, 0.2) is 0 Å². The van der Waals surface area contributed by atoms with Crippen molar-refractivity contribution < 1.29 is 22.3 Å². The highest BCUT2D eigenvalue weighted by atomic mass is 32.2. The smallest absolute Gasteiger partial charge is 0.265 e. The van der Waals surface area contributed by atoms with Gasteiger partial charge in [-0.15, -0.1) is 0 Å². The molecule has 0 aromatic heterocycles. The molecule has 1 heterocycles. The van der Waals surface area contributed by atoms with E-state index in [0.717, 1.165) is 30.5 Å². The molecule has 0 atom stereocenters. The average Bonchev–Trinajstić information content (AvgIpc) is 2.60. The van der Waals surface area contributed by atoms with Gasteiger partial charge < -0.3 is 9.64 Å². The summed E-state index contributed by atoms with van der Waals surface area (Å²) in [6.07, 6.45) is 1.68. The lowest BCUT2D eigenvalue weighted by Gasteiger charge is -2.29. The van der Waals surface area contributed by atoms with Crippen LogP contribution in [0, 0.1) is 5.82 Å². The fourth-order valence-corrected chi connectivity index (χ4v) is 4.27. The van der Waals surface area contributed by atoms with E-state index in [9.17, 15) is 17.6 Å². The van der Waals surface area contributed by atoms with Crippen molar-refractivity contribution in [2.45, 2.75) is 24.7 Å². The van der Waals surface area contributed by atoms with Crippen LogP contribution in [-0.4, -0.2) is 28.0 Å². The van der Waals surface area contributed by atoms with Crippen molar-refractivity contribution in [2.75, 3.05) is 23.3 Å². The van der Waals surface area contributed by atoms with E-state index in [0.29, 0.717) is 17.9 Å². The van der Waals surface area contributed by atoms with Gasteiger partial charge in [-0.25, -0.2) is 12.8 Å². The highest BCUT2D eigenvalue weighted by Crippen LogP contribution is 2.32. The SMILES string of the molecule is COc1ccc(F)cc1S(=O)(=O)Nc1ccc2c(c1)N(C(C)=O)CCC2. The third kappa shape index (κ3) is 3.50. The number of methoxy groups -OCH3 is 1. The highest BCUT2D eigenvalue weighted by Gasteiger charge is 2.23. The van der Waals surface area contributed by atoms with Gasteiger partial charge in [0, 0.05) is 19.2 Å². The van der Waals surface area contributed by atoms with E-state index in [-0.39, 0.29) is 16.6 Å². The van der Waals surface area contributed by atoms with Crippen LogP contribution >= 0.6 is 0 Å². The van der Waals surface area contributed by atoms with Crippen molar-refractivity contribution in [3.8, 4) is 5.75 Å². The van der Waals surface area contributed by atoms with E-state index in [1.165, 1.54) is 20.1 Å². The molecule has 26 heavy (non-hydrogen) atoms. The molecule has 2 aromatic carbocycles. The number of hydrogen-bond donors (Lipinski definition) is 1. The van der Waals surface area contributed by atoms with Crippen LogP contribution in [0.25, 0.3) is 0 Å². The van der Waals surface area contributed by atoms with Gasteiger partial charge in [-0.1, -0.05) is 6.07 Å². The topological polar surface area (TPSA) is 75.7 Å². The van der Waals surface area contributed by atoms with Gasteiger partial charge >= 0.3 is 0 Å². The highest BCUT2D eigenvalue weighted by molar-refractivity contribution is 7.92. The standard InChI is InChI=1S/C18H19FN2O4S/c1-12(22)21-9-3-4-13-5-7-15(11-16(13)21)20-26(23,24)18-10-14(19)6-8-17(18)25-2/h5-8,10-11,20H,3-4,9H2,1-2H3. The molecule has 138 valence electrons. The van der Waals surface area contributed by atoms with E-state index in [1.807, 2.05) is 0 Å². The lowest BCUT2D eigenvalue weighted by Crippen LogP contribution is -2.33. The molecule has 2 aromatic rings. The number of nitrogens with zero attached hydrogens (tertiary/aromatic N) is 1. The molecule has 1 aliphatic heterocycles. The van der Waals surface area contributed by atoms with Crippen molar-refractivity contribution >= 4 is 27.3 Å². The fraction of sp³-hybridized carbons (Fsp3) is 0.278. The zero-order valence-corrected chi connectivity index (χ0v) is 15.3. The molecule has 0 bridgehead atoms. The van der Waals surface area contributed by atoms with Crippen LogP contribution in [0.3, 0.4) is 0 Å². The fourth-order valence-electron chi connectivity index (χ4n) is 3.04. The Labute approximate surface area is 151 Å². The van der Waals surface area contributed by atoms with Crippen LogP contribution < -0.4 is 14.4 Å². The average molecular weight is 378 g/mol. The van der Waals surface area contributed by atoms with Crippen LogP contribution in [0.1, 0.15) is 18.9 Å². The van der Waals surface area contributed by atoms with Crippen molar-refractivity contribution in [3.63, 3.8) is 0 Å². The molecular formula is C18H19FN2O4S. The summed E-state index contributed by atoms with van der Waals surface area (Å²) < 4.78 is 46.3. The summed E-state index contributed by atoms with van der Waals surface area (Å²) >= 11 is 0. The molecule has 0 fully saturated rings. The molecule has 8 heteroatoms. The first kappa shape index (κ1) is 18.2. The molecule has 0 spiro atoms. The van der Waals surface area contributed by atoms with Crippen LogP contribution in [-0.2, 0) is 21.2 Å². The quantitative estimate of drug-likeness (QED) is 0.888. The zero-order chi connectivity index (χ0) is 18.9. The van der Waals surface area contributed by atoms with Gasteiger partial charge in [-0.2, -0.15) is 0 Å². The molecule has 1 aliphatic rings. The normalized spacial score (nSPS) is 13.9. The zero-order valence-electron chi connectivity index (χ0n) is 14.5. The van der Waals surface area contributed by atoms with Crippen molar-refractivity contribution in [1.82, 2.24) is 0 Å². The van der Waals surface area contributed by atoms with Gasteiger partial charge in [-0.3, -0.25) is 9.52 Å². The Morgan fingerprint density at radius 1 is 1.23 bits per heavy atom. The van der Waals surface area contributed by atoms with Gasteiger partial charge in [0.2, 0.25) is 5.91 Å². The summed E-state index contributed by atoms with van der Waals surface area (Å²) in [4.78, 5) is 13.2. The van der Waals surface area contributed by atoms with Crippen LogP contribution in [0.4, 0.5) is 15.8 Å². The van der Waals surface area contributed by atoms with E-state index >= 15 is 0 Å². The molecule has 3 rings (SSSR count). The van der Waals surface area contributed by atoms with Gasteiger partial charge in [0.25, 0.3) is 10.0 Å². The predicted molar refractivity (Wildman–Crippen MR) is 96.6 cm³/mol. The van der Waals surface area contributed by atoms with Gasteiger partial charge in [-0.05, 0) is 48.7 Å². The number of carbonyl (C=O) groups is 1. The maximum Gasteiger partial charge on any atom is 0.265 e. The third-order valence-electron chi connectivity index (χ3n) is 4.25. The van der Waals surface area contributed by atoms with Crippen LogP contribution in [0.15, 0.2) is 41.3 Å². The Kier molecular flexibility index (Phi) is 4.86. The summed E-state index contributed by atoms with van der Waals surface area (Å²) in [5, 5.41) is 0. The Morgan fingerprint density at radius 3 is 2.69 bits per heavy atom. The monoisotopic (exact) mass is 378 g/mol. The number of halogens is 1. The van der Waals surface area contributed by atoms with Crippen molar-refractivity contribution in [2.24, 2.45) is 0 Å². The molecule has 0 radical (unpaired) electrons. The second-order valence-electron chi connectivity index (χ2n) is 6.02. The van der Waals surface area contributed by atoms with Crippen molar-refractivity contribution in [1.29, 1.82) is 0 Å². The minimum Gasteiger partial charge on any atom is -0.495 e. The number of carbonyl (C=O) groups excluding carboxylic acids is 1. The number of aryl methyl sites for hydroxylation is 1. The molecule has 0 unspecified atom stereocenters. The number of rotatable bonds is 4. The summed E-state index contributed by atoms with van der Waals surface area (Å²) in [5.41, 5.74) is 1.97. The maximum atomic E-state index is 13.5.